The van der Waals surface area contributed by atoms with Crippen LogP contribution in [0.15, 0.2) is 24.3 Å². The molecule has 1 aliphatic rings. The van der Waals surface area contributed by atoms with Gasteiger partial charge in [-0.05, 0) is 36.5 Å². The third-order valence-corrected chi connectivity index (χ3v) is 5.20. The SMILES string of the molecule is Cl.N[C@@H]1CCC[C@H]1CC(=O)Nc1nnc(Cc2cccc(Cl)c2)s1. The predicted octanol–water partition coefficient (Wildman–Crippen LogP) is 3.66. The Morgan fingerprint density at radius 3 is 2.92 bits per heavy atom. The molecule has 0 radical (unpaired) electrons. The van der Waals surface area contributed by atoms with Crippen molar-refractivity contribution in [1.82, 2.24) is 10.2 Å². The van der Waals surface area contributed by atoms with Gasteiger partial charge in [-0.1, -0.05) is 41.5 Å². The van der Waals surface area contributed by atoms with E-state index in [0.29, 0.717) is 23.0 Å². The zero-order chi connectivity index (χ0) is 16.2. The highest BCUT2D eigenvalue weighted by Crippen LogP contribution is 2.27. The highest BCUT2D eigenvalue weighted by Gasteiger charge is 2.26. The van der Waals surface area contributed by atoms with Crippen molar-refractivity contribution in [1.29, 1.82) is 0 Å². The van der Waals surface area contributed by atoms with Crippen molar-refractivity contribution in [3.63, 3.8) is 0 Å². The summed E-state index contributed by atoms with van der Waals surface area (Å²) in [6, 6.07) is 7.79. The maximum absolute atomic E-state index is 12.1. The quantitative estimate of drug-likeness (QED) is 0.821. The van der Waals surface area contributed by atoms with Gasteiger partial charge in [0.2, 0.25) is 11.0 Å². The fraction of sp³-hybridized carbons (Fsp3) is 0.438. The maximum Gasteiger partial charge on any atom is 0.226 e. The summed E-state index contributed by atoms with van der Waals surface area (Å²) in [6.45, 7) is 0. The Bertz CT molecular complexity index is 694. The minimum atomic E-state index is -0.0298. The molecule has 0 bridgehead atoms. The molecule has 130 valence electrons. The van der Waals surface area contributed by atoms with E-state index in [4.69, 9.17) is 17.3 Å². The van der Waals surface area contributed by atoms with Crippen molar-refractivity contribution in [2.24, 2.45) is 11.7 Å². The first-order valence-corrected chi connectivity index (χ1v) is 8.92. The van der Waals surface area contributed by atoms with Crippen LogP contribution in [0.3, 0.4) is 0 Å². The van der Waals surface area contributed by atoms with Gasteiger partial charge in [-0.3, -0.25) is 4.79 Å². The van der Waals surface area contributed by atoms with E-state index >= 15 is 0 Å². The van der Waals surface area contributed by atoms with Crippen LogP contribution < -0.4 is 11.1 Å². The Morgan fingerprint density at radius 2 is 2.21 bits per heavy atom. The number of nitrogens with zero attached hydrogens (tertiary/aromatic N) is 2. The van der Waals surface area contributed by atoms with Crippen LogP contribution in [0.1, 0.15) is 36.3 Å². The molecule has 1 heterocycles. The third-order valence-electron chi connectivity index (χ3n) is 4.12. The van der Waals surface area contributed by atoms with E-state index in [9.17, 15) is 4.79 Å². The number of halogens is 2. The second-order valence-corrected chi connectivity index (χ2v) is 7.41. The molecule has 0 spiro atoms. The van der Waals surface area contributed by atoms with E-state index in [1.807, 2.05) is 24.3 Å². The van der Waals surface area contributed by atoms with Gasteiger partial charge in [-0.15, -0.1) is 22.6 Å². The van der Waals surface area contributed by atoms with Crippen LogP contribution in [0.4, 0.5) is 5.13 Å². The largest absolute Gasteiger partial charge is 0.327 e. The average Bonchev–Trinajstić information content (AvgIpc) is 3.09. The zero-order valence-electron chi connectivity index (χ0n) is 13.1. The maximum atomic E-state index is 12.1. The Balaban J connectivity index is 0.00000208. The van der Waals surface area contributed by atoms with Gasteiger partial charge in [0, 0.05) is 23.9 Å². The summed E-state index contributed by atoms with van der Waals surface area (Å²) < 4.78 is 0. The number of anilines is 1. The third kappa shape index (κ3) is 5.14. The molecule has 24 heavy (non-hydrogen) atoms. The predicted molar refractivity (Wildman–Crippen MR) is 100.0 cm³/mol. The van der Waals surface area contributed by atoms with Gasteiger partial charge in [0.05, 0.1) is 0 Å². The summed E-state index contributed by atoms with van der Waals surface area (Å²) >= 11 is 7.37. The number of hydrogen-bond donors (Lipinski definition) is 2. The molecule has 5 nitrogen and oxygen atoms in total. The highest BCUT2D eigenvalue weighted by atomic mass is 35.5. The number of benzene rings is 1. The monoisotopic (exact) mass is 386 g/mol. The molecular formula is C16H20Cl2N4OS. The fourth-order valence-electron chi connectivity index (χ4n) is 2.92. The molecule has 1 aromatic carbocycles. The standard InChI is InChI=1S/C16H19ClN4OS.ClH/c17-12-5-1-3-10(7-12)8-15-20-21-16(23-15)19-14(22)9-11-4-2-6-13(11)18;/h1,3,5,7,11,13H,2,4,6,8-9,18H2,(H,19,21,22);1H/t11-,13+;/m0./s1. The van der Waals surface area contributed by atoms with Crippen LogP contribution in [0, 0.1) is 5.92 Å². The Labute approximate surface area is 156 Å². The Hall–Kier alpha value is -1.21. The first kappa shape index (κ1) is 19.1. The Morgan fingerprint density at radius 1 is 1.38 bits per heavy atom. The smallest absolute Gasteiger partial charge is 0.226 e. The number of amides is 1. The van der Waals surface area contributed by atoms with Gasteiger partial charge >= 0.3 is 0 Å². The van der Waals surface area contributed by atoms with E-state index in [0.717, 1.165) is 29.8 Å². The van der Waals surface area contributed by atoms with Gasteiger partial charge in [0.25, 0.3) is 0 Å². The van der Waals surface area contributed by atoms with Crippen LogP contribution in [0.25, 0.3) is 0 Å². The lowest BCUT2D eigenvalue weighted by Gasteiger charge is -2.13. The molecule has 1 aliphatic carbocycles. The molecular weight excluding hydrogens is 367 g/mol. The summed E-state index contributed by atoms with van der Waals surface area (Å²) in [6.07, 6.45) is 4.28. The van der Waals surface area contributed by atoms with E-state index in [-0.39, 0.29) is 30.3 Å². The number of hydrogen-bond acceptors (Lipinski definition) is 5. The summed E-state index contributed by atoms with van der Waals surface area (Å²) in [7, 11) is 0. The number of aromatic nitrogens is 2. The molecule has 1 saturated carbocycles. The second-order valence-electron chi connectivity index (χ2n) is 5.91. The number of nitrogens with two attached hydrogens (primary N) is 1. The number of nitrogens with one attached hydrogen (secondary N) is 1. The van der Waals surface area contributed by atoms with Crippen molar-refractivity contribution in [2.45, 2.75) is 38.1 Å². The van der Waals surface area contributed by atoms with Crippen molar-refractivity contribution in [2.75, 3.05) is 5.32 Å². The van der Waals surface area contributed by atoms with Crippen molar-refractivity contribution >= 4 is 46.4 Å². The van der Waals surface area contributed by atoms with Crippen molar-refractivity contribution in [3.05, 3.63) is 39.9 Å². The molecule has 0 saturated heterocycles. The molecule has 1 amide bonds. The second kappa shape index (κ2) is 8.76. The minimum absolute atomic E-state index is 0. The lowest BCUT2D eigenvalue weighted by Crippen LogP contribution is -2.28. The molecule has 1 fully saturated rings. The van der Waals surface area contributed by atoms with Gasteiger partial charge in [-0.25, -0.2) is 0 Å². The van der Waals surface area contributed by atoms with Gasteiger partial charge < -0.3 is 11.1 Å². The summed E-state index contributed by atoms with van der Waals surface area (Å²) in [5.41, 5.74) is 7.08. The molecule has 2 atom stereocenters. The van der Waals surface area contributed by atoms with E-state index in [1.165, 1.54) is 11.3 Å². The molecule has 3 N–H and O–H groups in total. The number of carbonyl (C=O) groups excluding carboxylic acids is 1. The molecule has 0 aliphatic heterocycles. The van der Waals surface area contributed by atoms with E-state index < -0.39 is 0 Å². The number of carbonyl (C=O) groups is 1. The van der Waals surface area contributed by atoms with Crippen LogP contribution >= 0.6 is 35.3 Å². The van der Waals surface area contributed by atoms with Crippen molar-refractivity contribution < 1.29 is 4.79 Å². The van der Waals surface area contributed by atoms with Gasteiger partial charge in [0.15, 0.2) is 0 Å². The van der Waals surface area contributed by atoms with Crippen LogP contribution in [0.5, 0.6) is 0 Å². The lowest BCUT2D eigenvalue weighted by atomic mass is 10.00. The van der Waals surface area contributed by atoms with Crippen LogP contribution in [-0.2, 0) is 11.2 Å². The first-order valence-electron chi connectivity index (χ1n) is 7.72. The van der Waals surface area contributed by atoms with Gasteiger partial charge in [0.1, 0.15) is 5.01 Å². The topological polar surface area (TPSA) is 80.9 Å². The van der Waals surface area contributed by atoms with E-state index in [2.05, 4.69) is 15.5 Å². The molecule has 8 heteroatoms. The van der Waals surface area contributed by atoms with Crippen LogP contribution in [0.2, 0.25) is 5.02 Å². The zero-order valence-corrected chi connectivity index (χ0v) is 15.5. The lowest BCUT2D eigenvalue weighted by molar-refractivity contribution is -0.117. The van der Waals surface area contributed by atoms with Crippen LogP contribution in [-0.4, -0.2) is 22.1 Å². The molecule has 2 aromatic rings. The molecule has 0 unspecified atom stereocenters. The normalized spacial score (nSPS) is 19.8. The molecule has 1 aromatic heterocycles. The molecule has 3 rings (SSSR count). The summed E-state index contributed by atoms with van der Waals surface area (Å²) in [5.74, 6) is 0.256. The minimum Gasteiger partial charge on any atom is -0.327 e. The van der Waals surface area contributed by atoms with Gasteiger partial charge in [-0.2, -0.15) is 0 Å². The summed E-state index contributed by atoms with van der Waals surface area (Å²) in [4.78, 5) is 12.1. The average molecular weight is 387 g/mol. The highest BCUT2D eigenvalue weighted by molar-refractivity contribution is 7.15. The van der Waals surface area contributed by atoms with Crippen molar-refractivity contribution in [3.8, 4) is 0 Å². The first-order chi connectivity index (χ1) is 11.1. The Kier molecular flexibility index (Phi) is 6.98. The van der Waals surface area contributed by atoms with E-state index in [1.54, 1.807) is 0 Å². The summed E-state index contributed by atoms with van der Waals surface area (Å²) in [5, 5.41) is 13.1. The number of rotatable bonds is 5. The fourth-order valence-corrected chi connectivity index (χ4v) is 3.93.